The Morgan fingerprint density at radius 2 is 1.74 bits per heavy atom. The number of fused-ring (bicyclic) bond motifs is 1. The monoisotopic (exact) mass is 254 g/mol. The third-order valence-electron chi connectivity index (χ3n) is 2.63. The summed E-state index contributed by atoms with van der Waals surface area (Å²) in [4.78, 5) is 0. The van der Waals surface area contributed by atoms with Gasteiger partial charge in [0.05, 0.1) is 18.1 Å². The molecule has 0 fully saturated rings. The largest absolute Gasteiger partial charge is 0.380 e. The molecule has 5 N–H and O–H groups in total. The molecule has 1 aliphatic heterocycles. The summed E-state index contributed by atoms with van der Waals surface area (Å²) in [6.07, 6.45) is 3.33. The summed E-state index contributed by atoms with van der Waals surface area (Å²) in [5.74, 6) is 0.370. The van der Waals surface area contributed by atoms with Crippen LogP contribution in [0.3, 0.4) is 0 Å². The second-order valence-electron chi connectivity index (χ2n) is 3.84. The Balaban J connectivity index is 1.97. The van der Waals surface area contributed by atoms with Crippen molar-refractivity contribution in [3.05, 3.63) is 30.6 Å². The SMILES string of the molecule is NC1=NN=C(N)C1=NNc1cccc2cnncc12. The van der Waals surface area contributed by atoms with E-state index in [0.29, 0.717) is 5.71 Å². The fraction of sp³-hybridized carbons (Fsp3) is 0. The van der Waals surface area contributed by atoms with E-state index in [2.05, 4.69) is 30.9 Å². The van der Waals surface area contributed by atoms with E-state index in [9.17, 15) is 0 Å². The molecule has 0 radical (unpaired) electrons. The number of hydrogen-bond acceptors (Lipinski definition) is 8. The Kier molecular flexibility index (Phi) is 2.53. The van der Waals surface area contributed by atoms with Gasteiger partial charge in [-0.1, -0.05) is 12.1 Å². The van der Waals surface area contributed by atoms with Gasteiger partial charge in [0.2, 0.25) is 0 Å². The van der Waals surface area contributed by atoms with E-state index < -0.39 is 0 Å². The van der Waals surface area contributed by atoms with Gasteiger partial charge in [-0.05, 0) is 6.07 Å². The number of aromatic nitrogens is 2. The number of nitrogens with two attached hydrogens (primary N) is 2. The van der Waals surface area contributed by atoms with Gasteiger partial charge in [-0.25, -0.2) is 0 Å². The summed E-state index contributed by atoms with van der Waals surface area (Å²) < 4.78 is 0. The van der Waals surface area contributed by atoms with E-state index >= 15 is 0 Å². The highest BCUT2D eigenvalue weighted by atomic mass is 15.4. The van der Waals surface area contributed by atoms with Crippen LogP contribution >= 0.6 is 0 Å². The van der Waals surface area contributed by atoms with Gasteiger partial charge in [0, 0.05) is 10.8 Å². The molecule has 0 spiro atoms. The number of hydrazone groups is 1. The van der Waals surface area contributed by atoms with Crippen molar-refractivity contribution in [1.29, 1.82) is 0 Å². The fourth-order valence-corrected chi connectivity index (χ4v) is 1.69. The van der Waals surface area contributed by atoms with Crippen LogP contribution in [0.5, 0.6) is 0 Å². The molecule has 0 unspecified atom stereocenters. The number of amidine groups is 2. The van der Waals surface area contributed by atoms with Crippen molar-refractivity contribution in [2.45, 2.75) is 0 Å². The smallest absolute Gasteiger partial charge is 0.177 e. The quantitative estimate of drug-likeness (QED) is 0.652. The summed E-state index contributed by atoms with van der Waals surface area (Å²) in [6.45, 7) is 0. The van der Waals surface area contributed by atoms with Crippen molar-refractivity contribution in [2.75, 3.05) is 5.43 Å². The molecule has 94 valence electrons. The van der Waals surface area contributed by atoms with Gasteiger partial charge < -0.3 is 11.5 Å². The molecule has 2 heterocycles. The normalized spacial score (nSPS) is 14.2. The molecule has 2 aromatic rings. The number of nitrogens with zero attached hydrogens (tertiary/aromatic N) is 5. The zero-order valence-corrected chi connectivity index (χ0v) is 9.78. The van der Waals surface area contributed by atoms with Crippen LogP contribution in [0.1, 0.15) is 0 Å². The summed E-state index contributed by atoms with van der Waals surface area (Å²) in [5, 5.41) is 20.9. The molecular weight excluding hydrogens is 244 g/mol. The van der Waals surface area contributed by atoms with Crippen molar-refractivity contribution in [1.82, 2.24) is 10.2 Å². The lowest BCUT2D eigenvalue weighted by Gasteiger charge is -2.05. The standard InChI is InChI=1S/C11H10N8/c12-10-9(11(13)19-18-10)17-16-8-3-1-2-6-4-14-15-5-7(6)8/h1-5,16H,(H4,12,13,17,18,19). The molecule has 0 bridgehead atoms. The van der Waals surface area contributed by atoms with Crippen molar-refractivity contribution >= 4 is 33.8 Å². The summed E-state index contributed by atoms with van der Waals surface area (Å²) in [5.41, 5.74) is 15.2. The Labute approximate surface area is 107 Å². The topological polar surface area (TPSA) is 127 Å². The average Bonchev–Trinajstić information content (AvgIpc) is 2.76. The first-order valence-electron chi connectivity index (χ1n) is 5.46. The number of rotatable bonds is 2. The molecular formula is C11H10N8. The van der Waals surface area contributed by atoms with E-state index in [0.717, 1.165) is 16.5 Å². The summed E-state index contributed by atoms with van der Waals surface area (Å²) in [6, 6.07) is 5.68. The van der Waals surface area contributed by atoms with E-state index in [1.807, 2.05) is 18.2 Å². The highest BCUT2D eigenvalue weighted by molar-refractivity contribution is 6.68. The Hall–Kier alpha value is -3.03. The Morgan fingerprint density at radius 1 is 1.00 bits per heavy atom. The molecule has 0 atom stereocenters. The average molecular weight is 254 g/mol. The van der Waals surface area contributed by atoms with Gasteiger partial charge in [-0.2, -0.15) is 15.3 Å². The molecule has 19 heavy (non-hydrogen) atoms. The zero-order valence-electron chi connectivity index (χ0n) is 9.78. The van der Waals surface area contributed by atoms with Crippen molar-refractivity contribution in [3.63, 3.8) is 0 Å². The molecule has 0 aliphatic carbocycles. The van der Waals surface area contributed by atoms with Crippen LogP contribution in [0.25, 0.3) is 10.8 Å². The molecule has 0 saturated carbocycles. The van der Waals surface area contributed by atoms with Crippen molar-refractivity contribution < 1.29 is 0 Å². The van der Waals surface area contributed by atoms with E-state index in [4.69, 9.17) is 11.5 Å². The molecule has 0 amide bonds. The zero-order chi connectivity index (χ0) is 13.2. The maximum atomic E-state index is 5.61. The van der Waals surface area contributed by atoms with Crippen LogP contribution < -0.4 is 16.9 Å². The number of benzene rings is 1. The lowest BCUT2D eigenvalue weighted by molar-refractivity contribution is 1.05. The van der Waals surface area contributed by atoms with Gasteiger partial charge in [-0.15, -0.1) is 10.2 Å². The number of anilines is 1. The van der Waals surface area contributed by atoms with Gasteiger partial charge in [0.25, 0.3) is 0 Å². The number of hydrogen-bond donors (Lipinski definition) is 3. The predicted octanol–water partition coefficient (Wildman–Crippen LogP) is 0.0407. The van der Waals surface area contributed by atoms with Gasteiger partial charge in [0.1, 0.15) is 0 Å². The molecule has 1 aromatic carbocycles. The lowest BCUT2D eigenvalue weighted by atomic mass is 10.2. The van der Waals surface area contributed by atoms with E-state index in [-0.39, 0.29) is 11.7 Å². The predicted molar refractivity (Wildman–Crippen MR) is 73.8 cm³/mol. The van der Waals surface area contributed by atoms with Crippen LogP contribution in [0.4, 0.5) is 5.69 Å². The fourth-order valence-electron chi connectivity index (χ4n) is 1.69. The summed E-state index contributed by atoms with van der Waals surface area (Å²) in [7, 11) is 0. The third-order valence-corrected chi connectivity index (χ3v) is 2.63. The van der Waals surface area contributed by atoms with Gasteiger partial charge in [0.15, 0.2) is 17.4 Å². The minimum Gasteiger partial charge on any atom is -0.380 e. The van der Waals surface area contributed by atoms with Crippen LogP contribution in [-0.4, -0.2) is 27.6 Å². The lowest BCUT2D eigenvalue weighted by Crippen LogP contribution is -2.32. The van der Waals surface area contributed by atoms with Crippen LogP contribution in [0.15, 0.2) is 45.9 Å². The summed E-state index contributed by atoms with van der Waals surface area (Å²) >= 11 is 0. The third kappa shape index (κ3) is 1.95. The maximum Gasteiger partial charge on any atom is 0.177 e. The van der Waals surface area contributed by atoms with E-state index in [1.54, 1.807) is 12.4 Å². The highest BCUT2D eigenvalue weighted by Gasteiger charge is 2.16. The van der Waals surface area contributed by atoms with Crippen molar-refractivity contribution in [3.8, 4) is 0 Å². The minimum atomic E-state index is 0.185. The van der Waals surface area contributed by atoms with E-state index in [1.165, 1.54) is 0 Å². The van der Waals surface area contributed by atoms with Crippen molar-refractivity contribution in [2.24, 2.45) is 26.8 Å². The second-order valence-corrected chi connectivity index (χ2v) is 3.84. The van der Waals surface area contributed by atoms with Gasteiger partial charge >= 0.3 is 0 Å². The van der Waals surface area contributed by atoms with Crippen LogP contribution in [0.2, 0.25) is 0 Å². The first-order valence-corrected chi connectivity index (χ1v) is 5.46. The molecule has 1 aliphatic rings. The molecule has 1 aromatic heterocycles. The van der Waals surface area contributed by atoms with Gasteiger partial charge in [-0.3, -0.25) is 5.43 Å². The Bertz CT molecular complexity index is 705. The second kappa shape index (κ2) is 4.33. The first-order chi connectivity index (χ1) is 9.25. The molecule has 8 heteroatoms. The highest BCUT2D eigenvalue weighted by Crippen LogP contribution is 2.21. The molecule has 3 rings (SSSR count). The van der Waals surface area contributed by atoms with Crippen LogP contribution in [-0.2, 0) is 0 Å². The number of nitrogens with one attached hydrogen (secondary N) is 1. The molecule has 0 saturated heterocycles. The Morgan fingerprint density at radius 3 is 2.53 bits per heavy atom. The maximum absolute atomic E-state index is 5.61. The minimum absolute atomic E-state index is 0.185. The molecule has 8 nitrogen and oxygen atoms in total. The van der Waals surface area contributed by atoms with Crippen LogP contribution in [0, 0.1) is 0 Å². The first kappa shape index (κ1) is 11.1.